The van der Waals surface area contributed by atoms with E-state index in [4.69, 9.17) is 29.8 Å². The van der Waals surface area contributed by atoms with Crippen molar-refractivity contribution in [3.63, 3.8) is 0 Å². The van der Waals surface area contributed by atoms with Gasteiger partial charge < -0.3 is 86.2 Å². The topological polar surface area (TPSA) is 370 Å². The van der Waals surface area contributed by atoms with Crippen molar-refractivity contribution in [2.75, 3.05) is 6.61 Å². The molecule has 2 saturated heterocycles. The van der Waals surface area contributed by atoms with Gasteiger partial charge in [-0.1, -0.05) is 98.9 Å². The number of nitrogens with one attached hydrogen (secondary N) is 2. The van der Waals surface area contributed by atoms with Gasteiger partial charge in [0.1, 0.15) is 12.2 Å². The van der Waals surface area contributed by atoms with E-state index < -0.39 is 160 Å². The minimum Gasteiger partial charge on any atom is -0.479 e. The molecule has 3 heterocycles. The molecule has 22 nitrogen and oxygen atoms in total. The summed E-state index contributed by atoms with van der Waals surface area (Å²) in [5, 5.41) is 121. The Morgan fingerprint density at radius 3 is 1.90 bits per heavy atom. The number of rotatable bonds is 6. The monoisotopic (exact) mass is 1010 g/mol. The maximum Gasteiger partial charge on any atom is 0.339 e. The second-order valence-corrected chi connectivity index (χ2v) is 18.5. The van der Waals surface area contributed by atoms with E-state index in [9.17, 15) is 65.4 Å². The molecule has 3 rings (SSSR count). The van der Waals surface area contributed by atoms with Gasteiger partial charge in [-0.3, -0.25) is 9.63 Å². The zero-order valence-corrected chi connectivity index (χ0v) is 40.6. The van der Waals surface area contributed by atoms with Crippen LogP contribution in [-0.4, -0.2) is 184 Å². The normalized spacial score (nSPS) is 42.5. The van der Waals surface area contributed by atoms with Crippen LogP contribution in [0, 0.1) is 11.8 Å². The Labute approximate surface area is 414 Å². The molecule has 0 radical (unpaired) electrons. The third-order valence-electron chi connectivity index (χ3n) is 12.4. The summed E-state index contributed by atoms with van der Waals surface area (Å²) in [4.78, 5) is 41.1. The highest BCUT2D eigenvalue weighted by molar-refractivity contribution is 5.74. The Morgan fingerprint density at radius 2 is 1.30 bits per heavy atom. The number of ether oxygens (including phenoxy) is 4. The van der Waals surface area contributed by atoms with Crippen LogP contribution in [0.2, 0.25) is 0 Å². The van der Waals surface area contributed by atoms with Crippen molar-refractivity contribution >= 4 is 18.0 Å². The lowest BCUT2D eigenvalue weighted by Gasteiger charge is -2.46. The Bertz CT molecular complexity index is 1840. The van der Waals surface area contributed by atoms with E-state index in [0.717, 1.165) is 0 Å². The molecule has 0 saturated carbocycles. The first-order chi connectivity index (χ1) is 33.5. The fourth-order valence-electron chi connectivity index (χ4n) is 8.18. The number of hydrogen-bond donors (Lipinski definition) is 14. The Morgan fingerprint density at radius 1 is 0.704 bits per heavy atom. The second kappa shape index (κ2) is 30.7. The maximum absolute atomic E-state index is 12.9. The lowest BCUT2D eigenvalue weighted by molar-refractivity contribution is -0.303. The molecule has 3 aliphatic heterocycles. The lowest BCUT2D eigenvalue weighted by atomic mass is 9.87. The molecular formula is C49H77N3O19. The number of carbonyl (C=O) groups is 3. The third-order valence-corrected chi connectivity index (χ3v) is 12.4. The molecule has 0 aromatic rings. The number of aliphatic hydroxyl groups excluding tert-OH is 9. The third kappa shape index (κ3) is 21.8. The lowest BCUT2D eigenvalue weighted by Crippen LogP contribution is -2.63. The number of aliphatic carboxylic acids is 1. The predicted molar refractivity (Wildman–Crippen MR) is 255 cm³/mol. The summed E-state index contributed by atoms with van der Waals surface area (Å²) >= 11 is 0. The Balaban J connectivity index is 1.93. The Kier molecular flexibility index (Phi) is 26.4. The van der Waals surface area contributed by atoms with Crippen LogP contribution in [0.1, 0.15) is 79.1 Å². The van der Waals surface area contributed by atoms with Crippen molar-refractivity contribution in [1.82, 2.24) is 10.8 Å². The van der Waals surface area contributed by atoms with Crippen molar-refractivity contribution in [1.29, 1.82) is 0 Å². The summed E-state index contributed by atoms with van der Waals surface area (Å²) in [6, 6.07) is -3.65. The summed E-state index contributed by atoms with van der Waals surface area (Å²) in [5.41, 5.74) is 7.95. The SMILES string of the molecule is C[C@@H]1[C@H](O)[C@@H](C)/C=C/C=C/C=C/C=C/C=C/C=C/C=C/[C@H](O[C@@H]2O[C@H](C)[C@@H](O)[C@H](N)[C@@H]2O)C[C@@H]2O[C@](O)(C[C@@H](O)C[C@@H](O)[C@H](O)CC[C@@H](O)C[C@@H](O)CC(=O)O[C@H]1C)C[C@H](O)[C@H]2NC(=O)NOCC(=O)O. The van der Waals surface area contributed by atoms with Gasteiger partial charge in [0.05, 0.1) is 85.6 Å². The zero-order chi connectivity index (χ0) is 52.8. The predicted octanol–water partition coefficient (Wildman–Crippen LogP) is -0.305. The molecule has 2 bridgehead atoms. The number of amides is 2. The molecule has 3 aliphatic rings. The first kappa shape index (κ1) is 61.1. The van der Waals surface area contributed by atoms with Crippen LogP contribution >= 0.6 is 0 Å². The largest absolute Gasteiger partial charge is 0.479 e. The number of carbonyl (C=O) groups excluding carboxylic acids is 2. The molecule has 0 aliphatic carbocycles. The second-order valence-electron chi connectivity index (χ2n) is 18.5. The van der Waals surface area contributed by atoms with Gasteiger partial charge in [-0.05, 0) is 33.1 Å². The number of urea groups is 1. The molecule has 0 spiro atoms. The van der Waals surface area contributed by atoms with Gasteiger partial charge in [0.15, 0.2) is 18.7 Å². The molecule has 19 atom stereocenters. The number of cyclic esters (lactones) is 1. The van der Waals surface area contributed by atoms with Crippen molar-refractivity contribution in [3.05, 3.63) is 85.1 Å². The summed E-state index contributed by atoms with van der Waals surface area (Å²) < 4.78 is 23.5. The number of allylic oxidation sites excluding steroid dienone is 12. The smallest absolute Gasteiger partial charge is 0.339 e. The van der Waals surface area contributed by atoms with Crippen molar-refractivity contribution in [3.8, 4) is 0 Å². The highest BCUT2D eigenvalue weighted by Crippen LogP contribution is 2.35. The molecule has 0 aromatic carbocycles. The standard InChI is InChI=1S/C49H77N3O19/c1-28-17-15-13-11-9-7-5-6-8-10-12-14-16-18-35(70-47-46(64)42(50)45(63)31(4)69-47)24-39-43(51-48(65)52-67-27-40(59)60)38(58)26-49(66,71-39)25-34(55)22-37(57)36(56)20-19-32(53)21-33(54)23-41(61)68-30(3)29(2)44(28)62/h5-18,28-39,42-47,53-58,62-64,66H,19-27,50H2,1-4H3,(H,59,60)(H2,51,52,65)/b6-5+,9-7+,10-8+,13-11+,14-12+,17-15+,18-16+/t28-,29-,30-,31+,32+,33+,34-,35-,36+,37+,38-,39-,42-,43+,44+,45+,46-,47-,49+/m0/s1. The molecule has 0 aromatic heterocycles. The van der Waals surface area contributed by atoms with Crippen LogP contribution in [-0.2, 0) is 33.4 Å². The van der Waals surface area contributed by atoms with Gasteiger partial charge in [0.2, 0.25) is 0 Å². The van der Waals surface area contributed by atoms with Crippen molar-refractivity contribution < 1.29 is 94.3 Å². The molecule has 2 amide bonds. The highest BCUT2D eigenvalue weighted by atomic mass is 16.7. The van der Waals surface area contributed by atoms with E-state index in [1.54, 1.807) is 86.8 Å². The Hall–Kier alpha value is -4.21. The summed E-state index contributed by atoms with van der Waals surface area (Å²) in [6.45, 7) is 5.81. The van der Waals surface area contributed by atoms with Crippen LogP contribution in [0.5, 0.6) is 0 Å². The average molecular weight is 1010 g/mol. The van der Waals surface area contributed by atoms with Crippen LogP contribution < -0.4 is 16.5 Å². The van der Waals surface area contributed by atoms with Crippen LogP contribution in [0.15, 0.2) is 85.1 Å². The zero-order valence-electron chi connectivity index (χ0n) is 40.6. The van der Waals surface area contributed by atoms with E-state index >= 15 is 0 Å². The van der Waals surface area contributed by atoms with Crippen LogP contribution in [0.25, 0.3) is 0 Å². The minimum absolute atomic E-state index is 0.128. The molecule has 22 heteroatoms. The van der Waals surface area contributed by atoms with Crippen molar-refractivity contribution in [2.24, 2.45) is 17.6 Å². The number of fused-ring (bicyclic) bond motifs is 2. The number of hydrogen-bond acceptors (Lipinski definition) is 19. The molecule has 15 N–H and O–H groups in total. The molecule has 402 valence electrons. The van der Waals surface area contributed by atoms with E-state index in [-0.39, 0.29) is 31.6 Å². The fraction of sp³-hybridized carbons (Fsp3) is 0.653. The molecular weight excluding hydrogens is 935 g/mol. The van der Waals surface area contributed by atoms with Gasteiger partial charge in [0.25, 0.3) is 0 Å². The maximum atomic E-state index is 12.9. The van der Waals surface area contributed by atoms with Crippen molar-refractivity contribution in [2.45, 2.75) is 183 Å². The number of aliphatic hydroxyl groups is 10. The van der Waals surface area contributed by atoms with E-state index in [1.807, 2.05) is 18.5 Å². The number of carboxylic acids is 1. The van der Waals surface area contributed by atoms with Gasteiger partial charge >= 0.3 is 18.0 Å². The number of carboxylic acid groups (broad SMARTS) is 1. The summed E-state index contributed by atoms with van der Waals surface area (Å²) in [7, 11) is 0. The quantitative estimate of drug-likeness (QED) is 0.120. The van der Waals surface area contributed by atoms with Crippen LogP contribution in [0.4, 0.5) is 4.79 Å². The number of nitrogens with two attached hydrogens (primary N) is 1. The average Bonchev–Trinajstić information content (AvgIpc) is 3.28. The molecule has 71 heavy (non-hydrogen) atoms. The summed E-state index contributed by atoms with van der Waals surface area (Å²) in [6.07, 6.45) is 3.10. The summed E-state index contributed by atoms with van der Waals surface area (Å²) in [5.74, 6) is -5.25. The van der Waals surface area contributed by atoms with Gasteiger partial charge in [-0.15, -0.1) is 0 Å². The van der Waals surface area contributed by atoms with Crippen LogP contribution in [0.3, 0.4) is 0 Å². The first-order valence-electron chi connectivity index (χ1n) is 23.9. The first-order valence-corrected chi connectivity index (χ1v) is 23.9. The highest BCUT2D eigenvalue weighted by Gasteiger charge is 2.49. The number of hydroxylamine groups is 1. The van der Waals surface area contributed by atoms with Gasteiger partial charge in [0, 0.05) is 37.5 Å². The molecule has 2 fully saturated rings. The molecule has 0 unspecified atom stereocenters. The minimum atomic E-state index is -2.35. The van der Waals surface area contributed by atoms with E-state index in [1.165, 1.54) is 13.0 Å². The van der Waals surface area contributed by atoms with E-state index in [2.05, 4.69) is 10.2 Å². The number of esters is 1. The fourth-order valence-corrected chi connectivity index (χ4v) is 8.18. The van der Waals surface area contributed by atoms with Gasteiger partial charge in [-0.2, -0.15) is 0 Å². The van der Waals surface area contributed by atoms with E-state index in [0.29, 0.717) is 0 Å². The van der Waals surface area contributed by atoms with Gasteiger partial charge in [-0.25, -0.2) is 15.1 Å².